The van der Waals surface area contributed by atoms with Crippen LogP contribution in [0.25, 0.3) is 0 Å². The average Bonchev–Trinajstić information content (AvgIpc) is 3.35. The number of hydrogen-bond donors (Lipinski definition) is 3. The number of carbonyl (C=O) groups is 1. The zero-order chi connectivity index (χ0) is 21.9. The fraction of sp³-hybridized carbons (Fsp3) is 0.417. The van der Waals surface area contributed by atoms with Crippen molar-refractivity contribution in [2.75, 3.05) is 40.3 Å². The van der Waals surface area contributed by atoms with Crippen LogP contribution in [0.3, 0.4) is 0 Å². The molecule has 1 saturated heterocycles. The number of methoxy groups -OCH3 is 1. The molecule has 2 aromatic carbocycles. The molecule has 3 N–H and O–H groups in total. The molecule has 1 amide bonds. The van der Waals surface area contributed by atoms with Crippen LogP contribution in [0.4, 0.5) is 0 Å². The van der Waals surface area contributed by atoms with Crippen molar-refractivity contribution in [2.24, 2.45) is 4.99 Å². The lowest BCUT2D eigenvalue weighted by atomic mass is 10.1. The Hall–Kier alpha value is -2.33. The van der Waals surface area contributed by atoms with Crippen LogP contribution >= 0.6 is 24.0 Å². The van der Waals surface area contributed by atoms with Crippen molar-refractivity contribution in [1.82, 2.24) is 20.9 Å². The third kappa shape index (κ3) is 7.98. The largest absolute Gasteiger partial charge is 0.497 e. The SMILES string of the molecule is CN=C(NCC(=O)NCc1ccc(OC)cc1)NCC(c1ccccc1)N1CCCC1.I. The van der Waals surface area contributed by atoms with Crippen molar-refractivity contribution in [2.45, 2.75) is 25.4 Å². The first-order valence-electron chi connectivity index (χ1n) is 10.8. The van der Waals surface area contributed by atoms with E-state index in [0.717, 1.165) is 30.9 Å². The molecular weight excluding hydrogens is 517 g/mol. The summed E-state index contributed by atoms with van der Waals surface area (Å²) in [6.45, 7) is 3.59. The number of carbonyl (C=O) groups excluding carboxylic acids is 1. The van der Waals surface area contributed by atoms with E-state index in [1.807, 2.05) is 30.3 Å². The van der Waals surface area contributed by atoms with Crippen LogP contribution in [0.5, 0.6) is 5.75 Å². The van der Waals surface area contributed by atoms with E-state index in [1.54, 1.807) is 14.2 Å². The fourth-order valence-corrected chi connectivity index (χ4v) is 3.77. The van der Waals surface area contributed by atoms with Crippen LogP contribution < -0.4 is 20.7 Å². The van der Waals surface area contributed by atoms with Gasteiger partial charge < -0.3 is 20.7 Å². The maximum Gasteiger partial charge on any atom is 0.239 e. The third-order valence-corrected chi connectivity index (χ3v) is 5.52. The van der Waals surface area contributed by atoms with Crippen molar-refractivity contribution in [3.05, 3.63) is 65.7 Å². The van der Waals surface area contributed by atoms with Gasteiger partial charge in [-0.3, -0.25) is 14.7 Å². The number of nitrogens with zero attached hydrogens (tertiary/aromatic N) is 2. The molecule has 0 bridgehead atoms. The first-order chi connectivity index (χ1) is 15.2. The summed E-state index contributed by atoms with van der Waals surface area (Å²) in [5.41, 5.74) is 2.32. The summed E-state index contributed by atoms with van der Waals surface area (Å²) in [4.78, 5) is 19.0. The van der Waals surface area contributed by atoms with Gasteiger partial charge in [0, 0.05) is 20.1 Å². The lowest BCUT2D eigenvalue weighted by Gasteiger charge is -2.28. The second kappa shape index (κ2) is 13.9. The van der Waals surface area contributed by atoms with E-state index < -0.39 is 0 Å². The molecule has 174 valence electrons. The highest BCUT2D eigenvalue weighted by molar-refractivity contribution is 14.0. The molecule has 2 aromatic rings. The Labute approximate surface area is 208 Å². The van der Waals surface area contributed by atoms with Crippen LogP contribution in [-0.4, -0.2) is 57.1 Å². The summed E-state index contributed by atoms with van der Waals surface area (Å²) in [6.07, 6.45) is 2.48. The Morgan fingerprint density at radius 3 is 2.34 bits per heavy atom. The first-order valence-corrected chi connectivity index (χ1v) is 10.8. The van der Waals surface area contributed by atoms with Crippen LogP contribution in [0, 0.1) is 0 Å². The topological polar surface area (TPSA) is 78.0 Å². The molecule has 8 heteroatoms. The maximum absolute atomic E-state index is 12.2. The van der Waals surface area contributed by atoms with Gasteiger partial charge in [-0.25, -0.2) is 0 Å². The van der Waals surface area contributed by atoms with E-state index in [1.165, 1.54) is 18.4 Å². The number of ether oxygens (including phenoxy) is 1. The summed E-state index contributed by atoms with van der Waals surface area (Å²) < 4.78 is 5.15. The smallest absolute Gasteiger partial charge is 0.239 e. The molecule has 1 heterocycles. The molecule has 1 aliphatic heterocycles. The van der Waals surface area contributed by atoms with Crippen LogP contribution in [0.15, 0.2) is 59.6 Å². The number of benzene rings is 2. The Morgan fingerprint density at radius 2 is 1.72 bits per heavy atom. The van der Waals surface area contributed by atoms with Crippen molar-refractivity contribution in [3.63, 3.8) is 0 Å². The number of halogens is 1. The van der Waals surface area contributed by atoms with E-state index in [-0.39, 0.29) is 42.5 Å². The second-order valence-corrected chi connectivity index (χ2v) is 7.60. The van der Waals surface area contributed by atoms with Crippen molar-refractivity contribution >= 4 is 35.8 Å². The van der Waals surface area contributed by atoms with Crippen molar-refractivity contribution in [3.8, 4) is 5.75 Å². The van der Waals surface area contributed by atoms with Crippen LogP contribution in [-0.2, 0) is 11.3 Å². The van der Waals surface area contributed by atoms with Crippen molar-refractivity contribution in [1.29, 1.82) is 0 Å². The van der Waals surface area contributed by atoms with Gasteiger partial charge in [0.1, 0.15) is 5.75 Å². The van der Waals surface area contributed by atoms with Crippen LogP contribution in [0.2, 0.25) is 0 Å². The quantitative estimate of drug-likeness (QED) is 0.254. The monoisotopic (exact) mass is 551 g/mol. The van der Waals surface area contributed by atoms with Gasteiger partial charge >= 0.3 is 0 Å². The zero-order valence-corrected chi connectivity index (χ0v) is 21.2. The fourth-order valence-electron chi connectivity index (χ4n) is 3.77. The molecule has 0 spiro atoms. The number of amides is 1. The molecule has 0 aromatic heterocycles. The molecule has 7 nitrogen and oxygen atoms in total. The lowest BCUT2D eigenvalue weighted by molar-refractivity contribution is -0.120. The summed E-state index contributed by atoms with van der Waals surface area (Å²) in [5.74, 6) is 1.34. The molecule has 1 aliphatic rings. The molecule has 1 fully saturated rings. The number of rotatable bonds is 9. The standard InChI is InChI=1S/C24H33N5O2.HI/c1-25-24(28-18-23(30)26-16-19-10-12-21(31-2)13-11-19)27-17-22(29-14-6-7-15-29)20-8-4-3-5-9-20;/h3-5,8-13,22H,6-7,14-18H2,1-2H3,(H,26,30)(H2,25,27,28);1H. The van der Waals surface area contributed by atoms with E-state index in [0.29, 0.717) is 12.5 Å². The van der Waals surface area contributed by atoms with Gasteiger partial charge in [0.05, 0.1) is 19.7 Å². The normalized spacial score (nSPS) is 14.9. The maximum atomic E-state index is 12.2. The van der Waals surface area contributed by atoms with Gasteiger partial charge in [0.25, 0.3) is 0 Å². The Kier molecular flexibility index (Phi) is 11.3. The van der Waals surface area contributed by atoms with Gasteiger partial charge in [-0.15, -0.1) is 24.0 Å². The minimum absolute atomic E-state index is 0. The van der Waals surface area contributed by atoms with Gasteiger partial charge in [0.15, 0.2) is 5.96 Å². The highest BCUT2D eigenvalue weighted by atomic mass is 127. The van der Waals surface area contributed by atoms with E-state index in [2.05, 4.69) is 50.1 Å². The Balaban J connectivity index is 0.00000363. The van der Waals surface area contributed by atoms with E-state index >= 15 is 0 Å². The molecule has 1 atom stereocenters. The van der Waals surface area contributed by atoms with Crippen LogP contribution in [0.1, 0.15) is 30.0 Å². The number of likely N-dealkylation sites (tertiary alicyclic amines) is 1. The van der Waals surface area contributed by atoms with Gasteiger partial charge in [-0.1, -0.05) is 42.5 Å². The third-order valence-electron chi connectivity index (χ3n) is 5.52. The minimum Gasteiger partial charge on any atom is -0.497 e. The molecule has 1 unspecified atom stereocenters. The van der Waals surface area contributed by atoms with Gasteiger partial charge in [0.2, 0.25) is 5.91 Å². The lowest BCUT2D eigenvalue weighted by Crippen LogP contribution is -2.45. The molecular formula is C24H34IN5O2. The Morgan fingerprint density at radius 1 is 1.03 bits per heavy atom. The second-order valence-electron chi connectivity index (χ2n) is 7.60. The molecule has 0 saturated carbocycles. The number of nitrogens with one attached hydrogen (secondary N) is 3. The minimum atomic E-state index is -0.0853. The molecule has 32 heavy (non-hydrogen) atoms. The summed E-state index contributed by atoms with van der Waals surface area (Å²) in [5, 5.41) is 9.42. The van der Waals surface area contributed by atoms with Crippen molar-refractivity contribution < 1.29 is 9.53 Å². The predicted octanol–water partition coefficient (Wildman–Crippen LogP) is 2.93. The Bertz CT molecular complexity index is 839. The highest BCUT2D eigenvalue weighted by Crippen LogP contribution is 2.24. The summed E-state index contributed by atoms with van der Waals surface area (Å²) in [7, 11) is 3.36. The molecule has 0 radical (unpaired) electrons. The predicted molar refractivity (Wildman–Crippen MR) is 140 cm³/mol. The average molecular weight is 551 g/mol. The number of hydrogen-bond acceptors (Lipinski definition) is 4. The van der Waals surface area contributed by atoms with Gasteiger partial charge in [-0.2, -0.15) is 0 Å². The summed E-state index contributed by atoms with van der Waals surface area (Å²) >= 11 is 0. The molecule has 3 rings (SSSR count). The van der Waals surface area contributed by atoms with Gasteiger partial charge in [-0.05, 0) is 49.2 Å². The summed E-state index contributed by atoms with van der Waals surface area (Å²) in [6, 6.07) is 18.5. The molecule has 0 aliphatic carbocycles. The first kappa shape index (κ1) is 25.9. The zero-order valence-electron chi connectivity index (χ0n) is 18.8. The highest BCUT2D eigenvalue weighted by Gasteiger charge is 2.23. The number of guanidine groups is 1. The van der Waals surface area contributed by atoms with E-state index in [4.69, 9.17) is 4.74 Å². The van der Waals surface area contributed by atoms with E-state index in [9.17, 15) is 4.79 Å². The number of aliphatic imine (C=N–C) groups is 1.